The first-order valence-corrected chi connectivity index (χ1v) is 20.0. The van der Waals surface area contributed by atoms with Gasteiger partial charge in [0.15, 0.2) is 11.9 Å². The third kappa shape index (κ3) is 20.9. The van der Waals surface area contributed by atoms with E-state index in [0.717, 1.165) is 0 Å². The Morgan fingerprint density at radius 2 is 1.23 bits per heavy atom. The lowest BCUT2D eigenvalue weighted by Gasteiger charge is -2.27. The van der Waals surface area contributed by atoms with E-state index in [9.17, 15) is 48.9 Å². The number of rotatable bonds is 30. The number of nitrogens with zero attached hydrogens (tertiary/aromatic N) is 3. The Hall–Kier alpha value is -5.77. The number of aromatic nitrogens is 2. The molecular formula is C34H62N16O10S. The summed E-state index contributed by atoms with van der Waals surface area (Å²) in [6.45, 7) is 0.773. The average Bonchev–Trinajstić information content (AvgIpc) is 3.72. The number of carboxylic acids is 1. The molecule has 0 unspecified atom stereocenters. The number of hydrogen-bond acceptors (Lipinski definition) is 15. The highest BCUT2D eigenvalue weighted by Gasteiger charge is 2.34. The van der Waals surface area contributed by atoms with Crippen LogP contribution in [-0.4, -0.2) is 159 Å². The first-order valence-electron chi connectivity index (χ1n) is 19.3. The number of aliphatic carboxylic acids is 1. The fraction of sp³-hybridized carbons (Fsp3) is 0.647. The van der Waals surface area contributed by atoms with Crippen molar-refractivity contribution in [2.45, 2.75) is 107 Å². The van der Waals surface area contributed by atoms with Crippen molar-refractivity contribution in [1.29, 1.82) is 0 Å². The summed E-state index contributed by atoms with van der Waals surface area (Å²) in [5.41, 5.74) is 33.1. The van der Waals surface area contributed by atoms with Crippen molar-refractivity contribution in [2.24, 2.45) is 44.4 Å². The Kier molecular flexibility index (Phi) is 25.0. The summed E-state index contributed by atoms with van der Waals surface area (Å²) < 4.78 is 0. The van der Waals surface area contributed by atoms with Crippen LogP contribution in [0.4, 0.5) is 0 Å². The zero-order valence-electron chi connectivity index (χ0n) is 33.9. The molecule has 0 aliphatic carbocycles. The normalized spacial score (nSPS) is 14.9. The third-order valence-electron chi connectivity index (χ3n) is 8.75. The number of guanidine groups is 2. The van der Waals surface area contributed by atoms with E-state index in [1.54, 1.807) is 0 Å². The Morgan fingerprint density at radius 1 is 0.721 bits per heavy atom. The number of amides is 6. The largest absolute Gasteiger partial charge is 0.480 e. The van der Waals surface area contributed by atoms with Gasteiger partial charge in [-0.3, -0.25) is 38.8 Å². The van der Waals surface area contributed by atoms with Gasteiger partial charge in [0, 0.05) is 37.2 Å². The smallest absolute Gasteiger partial charge is 0.326 e. The van der Waals surface area contributed by atoms with Gasteiger partial charge in [0.05, 0.1) is 25.1 Å². The number of carbonyl (C=O) groups excluding carboxylic acids is 6. The van der Waals surface area contributed by atoms with Crippen molar-refractivity contribution in [3.8, 4) is 0 Å². The molecule has 0 aromatic carbocycles. The highest BCUT2D eigenvalue weighted by molar-refractivity contribution is 7.80. The summed E-state index contributed by atoms with van der Waals surface area (Å²) in [5.74, 6) is -7.76. The van der Waals surface area contributed by atoms with Gasteiger partial charge in [-0.2, -0.15) is 12.6 Å². The van der Waals surface area contributed by atoms with Crippen LogP contribution in [0.2, 0.25) is 0 Å². The third-order valence-corrected chi connectivity index (χ3v) is 9.11. The maximum absolute atomic E-state index is 13.7. The second-order valence-electron chi connectivity index (χ2n) is 13.8. The lowest BCUT2D eigenvalue weighted by Crippen LogP contribution is -2.62. The summed E-state index contributed by atoms with van der Waals surface area (Å²) in [4.78, 5) is 106. The van der Waals surface area contributed by atoms with Crippen LogP contribution < -0.4 is 66.3 Å². The standard InChI is InChI=1S/C34H62N16O10S/c1-17(52)25(50-26(53)19(36)6-2-3-9-35)31(58)47-22(12-18-13-41-16-44-18)28(55)49-24(15-61)30(57)48-23(14-51)29(56)45-20(7-4-10-42-33(37)38)27(54)46-21(32(59)60)8-5-11-43-34(39)40/h13,16-17,19-25,51-52,61H,2-12,14-15,35-36H2,1H3,(H,41,44)(H,45,56)(H,46,54)(H,47,58)(H,48,57)(H,49,55)(H,50,53)(H,59,60)(H4,37,38,42)(H4,39,40,43)/t17-,19+,20+,21+,22+,23+,24+,25+/m1/s1. The zero-order chi connectivity index (χ0) is 46.1. The maximum atomic E-state index is 13.7. The minimum atomic E-state index is -1.70. The monoisotopic (exact) mass is 886 g/mol. The van der Waals surface area contributed by atoms with E-state index in [1.165, 1.54) is 19.4 Å². The Balaban J connectivity index is 3.17. The fourth-order valence-electron chi connectivity index (χ4n) is 5.40. The molecule has 1 rings (SSSR count). The lowest BCUT2D eigenvalue weighted by molar-refractivity contribution is -0.142. The molecule has 0 saturated carbocycles. The van der Waals surface area contributed by atoms with Crippen LogP contribution in [0.1, 0.15) is 57.6 Å². The van der Waals surface area contributed by atoms with E-state index < -0.39 is 96.4 Å². The van der Waals surface area contributed by atoms with Crippen LogP contribution in [0.25, 0.3) is 0 Å². The number of aliphatic hydroxyl groups is 2. The number of imidazole rings is 1. The van der Waals surface area contributed by atoms with Crippen molar-refractivity contribution in [3.63, 3.8) is 0 Å². The molecule has 22 N–H and O–H groups in total. The number of nitrogens with one attached hydrogen (secondary N) is 7. The average molecular weight is 887 g/mol. The second kappa shape index (κ2) is 28.7. The maximum Gasteiger partial charge on any atom is 0.326 e. The van der Waals surface area contributed by atoms with Gasteiger partial charge in [-0.05, 0) is 52.0 Å². The second-order valence-corrected chi connectivity index (χ2v) is 14.2. The molecule has 8 atom stereocenters. The molecule has 0 spiro atoms. The molecule has 344 valence electrons. The molecule has 1 aromatic heterocycles. The number of nitrogens with two attached hydrogens (primary N) is 6. The molecule has 26 nitrogen and oxygen atoms in total. The zero-order valence-corrected chi connectivity index (χ0v) is 34.8. The first kappa shape index (κ1) is 53.2. The van der Waals surface area contributed by atoms with Crippen molar-refractivity contribution in [1.82, 2.24) is 41.9 Å². The minimum absolute atomic E-state index is 0.0340. The van der Waals surface area contributed by atoms with Crippen molar-refractivity contribution >= 4 is 66.0 Å². The molecule has 27 heteroatoms. The highest BCUT2D eigenvalue weighted by atomic mass is 32.1. The van der Waals surface area contributed by atoms with Crippen LogP contribution >= 0.6 is 12.6 Å². The van der Waals surface area contributed by atoms with Gasteiger partial charge in [0.1, 0.15) is 36.3 Å². The van der Waals surface area contributed by atoms with E-state index in [0.29, 0.717) is 25.1 Å². The number of unbranched alkanes of at least 4 members (excludes halogenated alkanes) is 1. The quantitative estimate of drug-likeness (QED) is 0.0148. The van der Waals surface area contributed by atoms with Crippen molar-refractivity contribution in [3.05, 3.63) is 18.2 Å². The first-order chi connectivity index (χ1) is 28.8. The summed E-state index contributed by atoms with van der Waals surface area (Å²) in [6, 6.07) is -9.97. The Labute approximate surface area is 357 Å². The topological polar surface area (TPSA) is 462 Å². The summed E-state index contributed by atoms with van der Waals surface area (Å²) in [6.07, 6.45) is 2.62. The minimum Gasteiger partial charge on any atom is -0.480 e. The van der Waals surface area contributed by atoms with Gasteiger partial charge >= 0.3 is 5.97 Å². The SMILES string of the molecule is C[C@@H](O)[C@H](NC(=O)[C@@H](N)CCCCN)C(=O)N[C@@H](Cc1cnc[nH]1)C(=O)N[C@@H](CS)C(=O)N[C@@H](CO)C(=O)N[C@@H](CCCN=C(N)N)C(=O)N[C@@H](CCCN=C(N)N)C(=O)O. The van der Waals surface area contributed by atoms with Crippen LogP contribution in [0.15, 0.2) is 22.5 Å². The molecule has 1 heterocycles. The number of aliphatic hydroxyl groups excluding tert-OH is 2. The summed E-state index contributed by atoms with van der Waals surface area (Å²) in [7, 11) is 0. The number of thiol groups is 1. The molecular weight excluding hydrogens is 825 g/mol. The number of aromatic amines is 1. The molecule has 0 bridgehead atoms. The molecule has 0 aliphatic heterocycles. The number of carbonyl (C=O) groups is 7. The van der Waals surface area contributed by atoms with Crippen molar-refractivity contribution < 1.29 is 48.9 Å². The van der Waals surface area contributed by atoms with Crippen LogP contribution in [0, 0.1) is 0 Å². The van der Waals surface area contributed by atoms with Gasteiger partial charge in [0.2, 0.25) is 35.4 Å². The van der Waals surface area contributed by atoms with E-state index in [4.69, 9.17) is 34.4 Å². The predicted molar refractivity (Wildman–Crippen MR) is 225 cm³/mol. The van der Waals surface area contributed by atoms with E-state index in [-0.39, 0.29) is 69.3 Å². The van der Waals surface area contributed by atoms with Crippen LogP contribution in [0.5, 0.6) is 0 Å². The number of H-pyrrole nitrogens is 1. The lowest BCUT2D eigenvalue weighted by atomic mass is 10.1. The predicted octanol–water partition coefficient (Wildman–Crippen LogP) is -7.19. The van der Waals surface area contributed by atoms with E-state index in [2.05, 4.69) is 64.5 Å². The van der Waals surface area contributed by atoms with Gasteiger partial charge < -0.3 is 86.6 Å². The fourth-order valence-corrected chi connectivity index (χ4v) is 5.66. The summed E-state index contributed by atoms with van der Waals surface area (Å²) in [5, 5.41) is 44.5. The summed E-state index contributed by atoms with van der Waals surface area (Å²) >= 11 is 4.15. The Morgan fingerprint density at radius 3 is 1.74 bits per heavy atom. The molecule has 1 aromatic rings. The van der Waals surface area contributed by atoms with Gasteiger partial charge in [-0.1, -0.05) is 6.42 Å². The van der Waals surface area contributed by atoms with Gasteiger partial charge in [-0.25, -0.2) is 9.78 Å². The van der Waals surface area contributed by atoms with E-state index >= 15 is 0 Å². The van der Waals surface area contributed by atoms with Crippen LogP contribution in [0.3, 0.4) is 0 Å². The Bertz CT molecular complexity index is 1630. The van der Waals surface area contributed by atoms with Crippen molar-refractivity contribution in [2.75, 3.05) is 32.0 Å². The van der Waals surface area contributed by atoms with Crippen LogP contribution in [-0.2, 0) is 40.0 Å². The highest BCUT2D eigenvalue weighted by Crippen LogP contribution is 2.07. The molecule has 0 fully saturated rings. The molecule has 61 heavy (non-hydrogen) atoms. The molecule has 0 radical (unpaired) electrons. The van der Waals surface area contributed by atoms with E-state index in [1.807, 2.05) is 0 Å². The molecule has 0 aliphatic rings. The van der Waals surface area contributed by atoms with Gasteiger partial charge in [-0.15, -0.1) is 0 Å². The van der Waals surface area contributed by atoms with Gasteiger partial charge in [0.25, 0.3) is 0 Å². The number of carboxylic acid groups (broad SMARTS) is 1. The number of hydrogen-bond donors (Lipinski definition) is 17. The molecule has 0 saturated heterocycles. The number of aliphatic imine (C=N–C) groups is 2. The molecule has 6 amide bonds.